The summed E-state index contributed by atoms with van der Waals surface area (Å²) in [5.41, 5.74) is 0.808. The van der Waals surface area contributed by atoms with E-state index in [1.807, 2.05) is 36.4 Å². The van der Waals surface area contributed by atoms with Gasteiger partial charge in [-0.05, 0) is 28.5 Å². The first-order valence-corrected chi connectivity index (χ1v) is 6.43. The van der Waals surface area contributed by atoms with Crippen molar-refractivity contribution in [1.29, 1.82) is 0 Å². The highest BCUT2D eigenvalue weighted by Gasteiger charge is 1.99. The molecule has 2 aromatic carbocycles. The van der Waals surface area contributed by atoms with Crippen molar-refractivity contribution in [2.24, 2.45) is 0 Å². The van der Waals surface area contributed by atoms with E-state index in [4.69, 9.17) is 0 Å². The van der Waals surface area contributed by atoms with Gasteiger partial charge in [-0.2, -0.15) is 0 Å². The SMILES string of the molecule is O=S([O-])Cc1ccc2cccc(Br)c2c1. The van der Waals surface area contributed by atoms with E-state index in [0.717, 1.165) is 20.8 Å². The molecule has 2 nitrogen and oxygen atoms in total. The van der Waals surface area contributed by atoms with Crippen LogP contribution in [0.2, 0.25) is 0 Å². The normalized spacial score (nSPS) is 12.9. The van der Waals surface area contributed by atoms with E-state index in [2.05, 4.69) is 15.9 Å². The van der Waals surface area contributed by atoms with Crippen molar-refractivity contribution in [1.82, 2.24) is 0 Å². The van der Waals surface area contributed by atoms with E-state index in [1.54, 1.807) is 0 Å². The predicted molar refractivity (Wildman–Crippen MR) is 64.3 cm³/mol. The molecule has 0 aliphatic rings. The van der Waals surface area contributed by atoms with Crippen molar-refractivity contribution in [2.45, 2.75) is 5.75 Å². The van der Waals surface area contributed by atoms with Gasteiger partial charge in [0.25, 0.3) is 0 Å². The molecule has 0 saturated heterocycles. The summed E-state index contributed by atoms with van der Waals surface area (Å²) < 4.78 is 22.1. The van der Waals surface area contributed by atoms with E-state index in [-0.39, 0.29) is 5.75 Å². The highest BCUT2D eigenvalue weighted by molar-refractivity contribution is 9.10. The lowest BCUT2D eigenvalue weighted by molar-refractivity contribution is 0.536. The smallest absolute Gasteiger partial charge is 0.0353 e. The summed E-state index contributed by atoms with van der Waals surface area (Å²) in [5, 5.41) is 2.14. The molecule has 0 fully saturated rings. The van der Waals surface area contributed by atoms with Crippen molar-refractivity contribution < 1.29 is 8.76 Å². The minimum absolute atomic E-state index is 0.0667. The van der Waals surface area contributed by atoms with Gasteiger partial charge >= 0.3 is 0 Å². The lowest BCUT2D eigenvalue weighted by Gasteiger charge is -2.07. The Morgan fingerprint density at radius 3 is 2.80 bits per heavy atom. The van der Waals surface area contributed by atoms with E-state index >= 15 is 0 Å². The quantitative estimate of drug-likeness (QED) is 0.795. The van der Waals surface area contributed by atoms with Crippen LogP contribution in [0.4, 0.5) is 0 Å². The molecule has 15 heavy (non-hydrogen) atoms. The number of hydrogen-bond acceptors (Lipinski definition) is 2. The van der Waals surface area contributed by atoms with Crippen molar-refractivity contribution in [3.05, 3.63) is 46.4 Å². The zero-order valence-corrected chi connectivity index (χ0v) is 10.2. The van der Waals surface area contributed by atoms with Crippen LogP contribution in [0.15, 0.2) is 40.9 Å². The molecule has 1 atom stereocenters. The molecule has 0 spiro atoms. The first kappa shape index (κ1) is 10.8. The number of halogens is 1. The van der Waals surface area contributed by atoms with Gasteiger partial charge in [-0.1, -0.05) is 51.3 Å². The minimum atomic E-state index is -2.03. The number of benzene rings is 2. The predicted octanol–water partition coefficient (Wildman–Crippen LogP) is 2.98. The van der Waals surface area contributed by atoms with Crippen LogP contribution in [0, 0.1) is 0 Å². The maximum absolute atomic E-state index is 10.6. The summed E-state index contributed by atoms with van der Waals surface area (Å²) >= 11 is 1.41. The van der Waals surface area contributed by atoms with Crippen LogP contribution in [0.25, 0.3) is 10.8 Å². The topological polar surface area (TPSA) is 40.1 Å². The van der Waals surface area contributed by atoms with Crippen LogP contribution in [0.5, 0.6) is 0 Å². The van der Waals surface area contributed by atoms with Crippen molar-refractivity contribution in [3.8, 4) is 0 Å². The molecule has 4 heteroatoms. The molecule has 2 rings (SSSR count). The van der Waals surface area contributed by atoms with Crippen molar-refractivity contribution in [2.75, 3.05) is 0 Å². The van der Waals surface area contributed by atoms with Gasteiger partial charge in [0.2, 0.25) is 0 Å². The Hall–Kier alpha value is -0.710. The second kappa shape index (κ2) is 4.43. The van der Waals surface area contributed by atoms with Gasteiger partial charge in [0.05, 0.1) is 0 Å². The van der Waals surface area contributed by atoms with Crippen LogP contribution >= 0.6 is 15.9 Å². The molecular formula is C11H8BrO2S-. The molecule has 0 N–H and O–H groups in total. The molecule has 0 radical (unpaired) electrons. The second-order valence-corrected chi connectivity index (χ2v) is 4.99. The Morgan fingerprint density at radius 2 is 2.07 bits per heavy atom. The zero-order chi connectivity index (χ0) is 10.8. The van der Waals surface area contributed by atoms with Gasteiger partial charge in [0, 0.05) is 10.2 Å². The fraction of sp³-hybridized carbons (Fsp3) is 0.0909. The summed E-state index contributed by atoms with van der Waals surface area (Å²) in [7, 11) is 0. The van der Waals surface area contributed by atoms with Crippen molar-refractivity contribution in [3.63, 3.8) is 0 Å². The molecule has 0 saturated carbocycles. The van der Waals surface area contributed by atoms with Gasteiger partial charge in [0.1, 0.15) is 0 Å². The highest BCUT2D eigenvalue weighted by atomic mass is 79.9. The average molecular weight is 284 g/mol. The maximum atomic E-state index is 10.6. The van der Waals surface area contributed by atoms with E-state index in [0.29, 0.717) is 0 Å². The average Bonchev–Trinajstić information content (AvgIpc) is 2.18. The Morgan fingerprint density at radius 1 is 1.27 bits per heavy atom. The third-order valence-corrected chi connectivity index (χ3v) is 3.44. The van der Waals surface area contributed by atoms with Gasteiger partial charge in [-0.15, -0.1) is 0 Å². The number of hydrogen-bond donors (Lipinski definition) is 0. The Balaban J connectivity index is 2.54. The lowest BCUT2D eigenvalue weighted by Crippen LogP contribution is -1.93. The van der Waals surface area contributed by atoms with E-state index in [1.165, 1.54) is 0 Å². The fourth-order valence-corrected chi connectivity index (χ4v) is 2.46. The monoisotopic (exact) mass is 283 g/mol. The van der Waals surface area contributed by atoms with Crippen LogP contribution in [0.1, 0.15) is 5.56 Å². The largest absolute Gasteiger partial charge is 0.772 e. The molecule has 0 aliphatic carbocycles. The van der Waals surface area contributed by atoms with Crippen LogP contribution in [0.3, 0.4) is 0 Å². The Bertz CT molecular complexity index is 525. The molecule has 0 bridgehead atoms. The van der Waals surface area contributed by atoms with Crippen LogP contribution in [-0.2, 0) is 16.8 Å². The lowest BCUT2D eigenvalue weighted by atomic mass is 10.1. The molecule has 2 aromatic rings. The summed E-state index contributed by atoms with van der Waals surface area (Å²) in [4.78, 5) is 0. The summed E-state index contributed by atoms with van der Waals surface area (Å²) in [5.74, 6) is 0.0667. The van der Waals surface area contributed by atoms with Gasteiger partial charge in [-0.25, -0.2) is 0 Å². The molecule has 0 aliphatic heterocycles. The summed E-state index contributed by atoms with van der Waals surface area (Å²) in [6, 6.07) is 11.6. The third kappa shape index (κ3) is 2.45. The fourth-order valence-electron chi connectivity index (χ4n) is 1.51. The standard InChI is InChI=1S/C11H9BrO2S/c12-11-3-1-2-9-5-4-8(6-10(9)11)7-15(13)14/h1-6H,7H2,(H,13,14)/p-1. The van der Waals surface area contributed by atoms with Gasteiger partial charge in [-0.3, -0.25) is 4.21 Å². The number of fused-ring (bicyclic) bond motifs is 1. The van der Waals surface area contributed by atoms with E-state index in [9.17, 15) is 8.76 Å². The molecule has 0 heterocycles. The first-order chi connectivity index (χ1) is 7.16. The van der Waals surface area contributed by atoms with Crippen LogP contribution in [-0.4, -0.2) is 8.76 Å². The molecule has 78 valence electrons. The summed E-state index contributed by atoms with van der Waals surface area (Å²) in [6.07, 6.45) is 0. The maximum Gasteiger partial charge on any atom is 0.0353 e. The Kier molecular flexibility index (Phi) is 3.19. The number of rotatable bonds is 2. The molecule has 0 amide bonds. The molecule has 0 aromatic heterocycles. The third-order valence-electron chi connectivity index (χ3n) is 2.18. The molecular weight excluding hydrogens is 276 g/mol. The van der Waals surface area contributed by atoms with Crippen molar-refractivity contribution >= 4 is 37.8 Å². The van der Waals surface area contributed by atoms with Gasteiger partial charge < -0.3 is 4.55 Å². The Labute approximate surface area is 98.7 Å². The first-order valence-electron chi connectivity index (χ1n) is 4.40. The minimum Gasteiger partial charge on any atom is -0.772 e. The van der Waals surface area contributed by atoms with Crippen LogP contribution < -0.4 is 0 Å². The zero-order valence-electron chi connectivity index (χ0n) is 7.77. The molecule has 1 unspecified atom stereocenters. The highest BCUT2D eigenvalue weighted by Crippen LogP contribution is 2.25. The summed E-state index contributed by atoms with van der Waals surface area (Å²) in [6.45, 7) is 0. The van der Waals surface area contributed by atoms with Gasteiger partial charge in [0.15, 0.2) is 0 Å². The van der Waals surface area contributed by atoms with E-state index < -0.39 is 11.1 Å². The second-order valence-electron chi connectivity index (χ2n) is 3.24.